The summed E-state index contributed by atoms with van der Waals surface area (Å²) in [6, 6.07) is 6.54. The number of carbonyl (C=O) groups excluding carboxylic acids is 2. The number of thioether (sulfide) groups is 2. The molecule has 4 nitrogen and oxygen atoms in total. The smallest absolute Gasteiger partial charge is 0.329 e. The van der Waals surface area contributed by atoms with Crippen LogP contribution < -0.4 is 5.32 Å². The van der Waals surface area contributed by atoms with Crippen LogP contribution >= 0.6 is 35.1 Å². The van der Waals surface area contributed by atoms with E-state index in [2.05, 4.69) is 5.32 Å². The first-order valence-corrected chi connectivity index (χ1v) is 9.38. The van der Waals surface area contributed by atoms with Gasteiger partial charge < -0.3 is 10.1 Å². The predicted octanol–water partition coefficient (Wildman–Crippen LogP) is 3.06. The fourth-order valence-corrected chi connectivity index (χ4v) is 3.26. The van der Waals surface area contributed by atoms with E-state index in [4.69, 9.17) is 16.3 Å². The molecule has 1 unspecified atom stereocenters. The maximum Gasteiger partial charge on any atom is 0.329 e. The van der Waals surface area contributed by atoms with Crippen molar-refractivity contribution in [1.29, 1.82) is 0 Å². The van der Waals surface area contributed by atoms with Crippen LogP contribution in [0.4, 0.5) is 0 Å². The average molecular weight is 360 g/mol. The van der Waals surface area contributed by atoms with Crippen LogP contribution in [0, 0.1) is 0 Å². The number of methoxy groups -OCH3 is 1. The molecule has 0 aliphatic heterocycles. The molecule has 0 aliphatic rings. The third kappa shape index (κ3) is 6.77. The van der Waals surface area contributed by atoms with Crippen LogP contribution in [-0.2, 0) is 14.3 Å². The lowest BCUT2D eigenvalue weighted by molar-refractivity contribution is -0.143. The van der Waals surface area contributed by atoms with Gasteiger partial charge in [-0.2, -0.15) is 11.8 Å². The molecule has 0 radical (unpaired) electrons. The van der Waals surface area contributed by atoms with Gasteiger partial charge >= 0.3 is 5.97 Å². The molecule has 1 aromatic rings. The van der Waals surface area contributed by atoms with Crippen LogP contribution in [0.3, 0.4) is 0 Å². The Morgan fingerprint density at radius 2 is 2.14 bits per heavy atom. The number of rotatable bonds is 8. The standard InChI is InChI=1S/C15H18ClNO3S2/c1-20-15(19)13(9-22-10-21-2)17-14(18)8-7-11-5-3-4-6-12(11)16/h3-8,13H,9-10H2,1-2H3,(H,17,18)/b8-7+. The van der Waals surface area contributed by atoms with Gasteiger partial charge in [0.1, 0.15) is 6.04 Å². The molecule has 0 aliphatic carbocycles. The van der Waals surface area contributed by atoms with Crippen molar-refractivity contribution in [2.75, 3.05) is 24.2 Å². The predicted molar refractivity (Wildman–Crippen MR) is 95.3 cm³/mol. The molecule has 7 heteroatoms. The lowest BCUT2D eigenvalue weighted by atomic mass is 10.2. The summed E-state index contributed by atoms with van der Waals surface area (Å²) in [5, 5.41) is 4.05. The third-order valence-electron chi connectivity index (χ3n) is 2.61. The SMILES string of the molecule is COC(=O)C(CSCSC)NC(=O)/C=C/c1ccccc1Cl. The summed E-state index contributed by atoms with van der Waals surface area (Å²) in [6.45, 7) is 0. The van der Waals surface area contributed by atoms with Gasteiger partial charge in [0.2, 0.25) is 5.91 Å². The van der Waals surface area contributed by atoms with E-state index in [9.17, 15) is 9.59 Å². The van der Waals surface area contributed by atoms with Gasteiger partial charge in [0.25, 0.3) is 0 Å². The molecule has 0 fully saturated rings. The van der Waals surface area contributed by atoms with E-state index in [0.717, 1.165) is 10.6 Å². The Balaban J connectivity index is 2.62. The summed E-state index contributed by atoms with van der Waals surface area (Å²) in [5.41, 5.74) is 0.741. The van der Waals surface area contributed by atoms with E-state index < -0.39 is 12.0 Å². The number of ether oxygens (including phenoxy) is 1. The summed E-state index contributed by atoms with van der Waals surface area (Å²) in [7, 11) is 1.31. The molecular formula is C15H18ClNO3S2. The van der Waals surface area contributed by atoms with Crippen molar-refractivity contribution in [3.05, 3.63) is 40.9 Å². The molecule has 0 saturated carbocycles. The summed E-state index contributed by atoms with van der Waals surface area (Å²) in [4.78, 5) is 23.6. The molecular weight excluding hydrogens is 342 g/mol. The number of halogens is 1. The zero-order valence-electron chi connectivity index (χ0n) is 12.4. The third-order valence-corrected chi connectivity index (χ3v) is 5.13. The molecule has 0 aromatic heterocycles. The van der Waals surface area contributed by atoms with Crippen LogP contribution in [-0.4, -0.2) is 42.1 Å². The maximum absolute atomic E-state index is 11.9. The fourth-order valence-electron chi connectivity index (χ4n) is 1.56. The Bertz CT molecular complexity index is 537. The van der Waals surface area contributed by atoms with E-state index in [0.29, 0.717) is 10.8 Å². The van der Waals surface area contributed by atoms with Gasteiger partial charge in [-0.25, -0.2) is 4.79 Å². The van der Waals surface area contributed by atoms with Gasteiger partial charge in [-0.15, -0.1) is 11.8 Å². The minimum atomic E-state index is -0.662. The van der Waals surface area contributed by atoms with Crippen LogP contribution in [0.2, 0.25) is 5.02 Å². The van der Waals surface area contributed by atoms with Crippen LogP contribution in [0.5, 0.6) is 0 Å². The van der Waals surface area contributed by atoms with Gasteiger partial charge in [0.05, 0.1) is 7.11 Å². The van der Waals surface area contributed by atoms with Crippen molar-refractivity contribution in [2.24, 2.45) is 0 Å². The second-order valence-electron chi connectivity index (χ2n) is 4.22. The topological polar surface area (TPSA) is 55.4 Å². The quantitative estimate of drug-likeness (QED) is 0.334. The molecule has 0 heterocycles. The van der Waals surface area contributed by atoms with Crippen molar-refractivity contribution < 1.29 is 14.3 Å². The van der Waals surface area contributed by atoms with Crippen molar-refractivity contribution in [2.45, 2.75) is 6.04 Å². The largest absolute Gasteiger partial charge is 0.467 e. The first-order chi connectivity index (χ1) is 10.6. The number of carbonyl (C=O) groups is 2. The summed E-state index contributed by atoms with van der Waals surface area (Å²) < 4.78 is 4.71. The number of hydrogen-bond acceptors (Lipinski definition) is 5. The summed E-state index contributed by atoms with van der Waals surface area (Å²) >= 11 is 9.23. The summed E-state index contributed by atoms with van der Waals surface area (Å²) in [5.74, 6) is -0.340. The van der Waals surface area contributed by atoms with Gasteiger partial charge in [-0.1, -0.05) is 29.8 Å². The highest BCUT2D eigenvalue weighted by molar-refractivity contribution is 8.15. The van der Waals surface area contributed by atoms with Crippen molar-refractivity contribution in [3.8, 4) is 0 Å². The van der Waals surface area contributed by atoms with Crippen molar-refractivity contribution in [1.82, 2.24) is 5.32 Å². The van der Waals surface area contributed by atoms with Gasteiger partial charge in [-0.3, -0.25) is 4.79 Å². The summed E-state index contributed by atoms with van der Waals surface area (Å²) in [6.07, 6.45) is 4.95. The zero-order chi connectivity index (χ0) is 16.4. The molecule has 0 bridgehead atoms. The molecule has 1 N–H and O–H groups in total. The fraction of sp³-hybridized carbons (Fsp3) is 0.333. The molecule has 1 amide bonds. The highest BCUT2D eigenvalue weighted by atomic mass is 35.5. The monoisotopic (exact) mass is 359 g/mol. The van der Waals surface area contributed by atoms with E-state index >= 15 is 0 Å². The molecule has 1 aromatic carbocycles. The van der Waals surface area contributed by atoms with Crippen molar-refractivity contribution in [3.63, 3.8) is 0 Å². The zero-order valence-corrected chi connectivity index (χ0v) is 14.8. The Labute approximate surface area is 144 Å². The van der Waals surface area contributed by atoms with Gasteiger partial charge in [0, 0.05) is 21.9 Å². The normalized spacial score (nSPS) is 12.1. The highest BCUT2D eigenvalue weighted by Gasteiger charge is 2.20. The van der Waals surface area contributed by atoms with Crippen LogP contribution in [0.25, 0.3) is 6.08 Å². The van der Waals surface area contributed by atoms with Crippen LogP contribution in [0.1, 0.15) is 5.56 Å². The minimum Gasteiger partial charge on any atom is -0.467 e. The minimum absolute atomic E-state index is 0.361. The molecule has 1 rings (SSSR count). The van der Waals surface area contributed by atoms with E-state index in [1.54, 1.807) is 41.7 Å². The van der Waals surface area contributed by atoms with Crippen molar-refractivity contribution >= 4 is 53.1 Å². The van der Waals surface area contributed by atoms with Gasteiger partial charge in [0.15, 0.2) is 0 Å². The molecule has 0 spiro atoms. The highest BCUT2D eigenvalue weighted by Crippen LogP contribution is 2.16. The molecule has 0 saturated heterocycles. The first kappa shape index (κ1) is 18.9. The molecule has 1 atom stereocenters. The number of hydrogen-bond donors (Lipinski definition) is 1. The lowest BCUT2D eigenvalue weighted by Crippen LogP contribution is -2.42. The Hall–Kier alpha value is -1.11. The lowest BCUT2D eigenvalue weighted by Gasteiger charge is -2.14. The second kappa shape index (κ2) is 10.6. The Morgan fingerprint density at radius 1 is 1.41 bits per heavy atom. The maximum atomic E-state index is 11.9. The number of esters is 1. The second-order valence-corrected chi connectivity index (χ2v) is 6.89. The number of amides is 1. The molecule has 120 valence electrons. The van der Waals surface area contributed by atoms with Gasteiger partial charge in [-0.05, 0) is 24.0 Å². The van der Waals surface area contributed by atoms with Crippen LogP contribution in [0.15, 0.2) is 30.3 Å². The Morgan fingerprint density at radius 3 is 2.77 bits per heavy atom. The first-order valence-electron chi connectivity index (χ1n) is 6.46. The van der Waals surface area contributed by atoms with E-state index in [1.165, 1.54) is 13.2 Å². The molecule has 22 heavy (non-hydrogen) atoms. The average Bonchev–Trinajstić information content (AvgIpc) is 2.52. The number of benzene rings is 1. The van der Waals surface area contributed by atoms with E-state index in [1.807, 2.05) is 18.4 Å². The number of nitrogens with one attached hydrogen (secondary N) is 1. The van der Waals surface area contributed by atoms with E-state index in [-0.39, 0.29) is 5.91 Å². The Kier molecular flexibility index (Phi) is 9.11.